The zero-order valence-electron chi connectivity index (χ0n) is 10.9. The van der Waals surface area contributed by atoms with Gasteiger partial charge in [-0.3, -0.25) is 0 Å². The molecule has 2 heterocycles. The molecule has 1 saturated heterocycles. The van der Waals surface area contributed by atoms with Crippen LogP contribution in [0.5, 0.6) is 0 Å². The van der Waals surface area contributed by atoms with Crippen molar-refractivity contribution in [1.82, 2.24) is 4.98 Å². The highest BCUT2D eigenvalue weighted by molar-refractivity contribution is 5.39. The van der Waals surface area contributed by atoms with E-state index in [9.17, 15) is 0 Å². The summed E-state index contributed by atoms with van der Waals surface area (Å²) in [4.78, 5) is 6.93. The Bertz CT molecular complexity index is 345. The van der Waals surface area contributed by atoms with Crippen molar-refractivity contribution in [3.8, 4) is 0 Å². The van der Waals surface area contributed by atoms with Gasteiger partial charge in [-0.05, 0) is 43.7 Å². The third-order valence-corrected chi connectivity index (χ3v) is 3.64. The summed E-state index contributed by atoms with van der Waals surface area (Å²) in [5.41, 5.74) is 6.94. The highest BCUT2D eigenvalue weighted by atomic mass is 15.2. The predicted octanol–water partition coefficient (Wildman–Crippen LogP) is 2.73. The molecule has 0 spiro atoms. The standard InChI is InChI=1S/C14H23N3/c1-11-4-3-8-17(9-7-11)14-6-5-13(10-16-14)12(2)15/h5-6,10-12H,3-4,7-9,15H2,1-2H3/t11?,12-/m1/s1. The number of anilines is 1. The molecule has 0 bridgehead atoms. The Hall–Kier alpha value is -1.09. The van der Waals surface area contributed by atoms with Crippen molar-refractivity contribution < 1.29 is 0 Å². The highest BCUT2D eigenvalue weighted by Gasteiger charge is 2.14. The first-order valence-corrected chi connectivity index (χ1v) is 6.63. The van der Waals surface area contributed by atoms with Gasteiger partial charge in [0.05, 0.1) is 0 Å². The summed E-state index contributed by atoms with van der Waals surface area (Å²) < 4.78 is 0. The topological polar surface area (TPSA) is 42.1 Å². The van der Waals surface area contributed by atoms with Crippen molar-refractivity contribution in [3.05, 3.63) is 23.9 Å². The summed E-state index contributed by atoms with van der Waals surface area (Å²) in [7, 11) is 0. The molecule has 1 aromatic heterocycles. The Labute approximate surface area is 104 Å². The van der Waals surface area contributed by atoms with Gasteiger partial charge >= 0.3 is 0 Å². The van der Waals surface area contributed by atoms with Crippen LogP contribution in [-0.4, -0.2) is 18.1 Å². The molecular formula is C14H23N3. The fourth-order valence-corrected chi connectivity index (χ4v) is 2.35. The lowest BCUT2D eigenvalue weighted by atomic mass is 10.0. The normalized spacial score (nSPS) is 23.2. The average molecular weight is 233 g/mol. The van der Waals surface area contributed by atoms with Gasteiger partial charge in [0, 0.05) is 25.3 Å². The predicted molar refractivity (Wildman–Crippen MR) is 72.1 cm³/mol. The second kappa shape index (κ2) is 5.50. The van der Waals surface area contributed by atoms with Gasteiger partial charge in [-0.1, -0.05) is 13.0 Å². The van der Waals surface area contributed by atoms with Gasteiger partial charge in [-0.25, -0.2) is 4.98 Å². The number of pyridine rings is 1. The molecule has 1 aliphatic rings. The molecule has 1 fully saturated rings. The van der Waals surface area contributed by atoms with Gasteiger partial charge in [0.1, 0.15) is 5.82 Å². The minimum absolute atomic E-state index is 0.0701. The first-order valence-electron chi connectivity index (χ1n) is 6.63. The van der Waals surface area contributed by atoms with Crippen LogP contribution >= 0.6 is 0 Å². The lowest BCUT2D eigenvalue weighted by Gasteiger charge is -2.21. The van der Waals surface area contributed by atoms with Gasteiger partial charge in [-0.2, -0.15) is 0 Å². The number of nitrogens with two attached hydrogens (primary N) is 1. The van der Waals surface area contributed by atoms with E-state index >= 15 is 0 Å². The Balaban J connectivity index is 2.06. The van der Waals surface area contributed by atoms with Crippen molar-refractivity contribution in [2.75, 3.05) is 18.0 Å². The van der Waals surface area contributed by atoms with Crippen LogP contribution in [-0.2, 0) is 0 Å². The molecule has 0 saturated carbocycles. The van der Waals surface area contributed by atoms with Crippen molar-refractivity contribution >= 4 is 5.82 Å². The van der Waals surface area contributed by atoms with Crippen molar-refractivity contribution in [3.63, 3.8) is 0 Å². The SMILES string of the molecule is CC1CCCN(c2ccc([C@@H](C)N)cn2)CC1. The van der Waals surface area contributed by atoms with Crippen molar-refractivity contribution in [2.45, 2.75) is 39.2 Å². The van der Waals surface area contributed by atoms with Crippen LogP contribution in [0.15, 0.2) is 18.3 Å². The van der Waals surface area contributed by atoms with E-state index < -0.39 is 0 Å². The third-order valence-electron chi connectivity index (χ3n) is 3.64. The van der Waals surface area contributed by atoms with Gasteiger partial charge in [0.15, 0.2) is 0 Å². The van der Waals surface area contributed by atoms with Gasteiger partial charge in [0.25, 0.3) is 0 Å². The molecule has 0 aromatic carbocycles. The van der Waals surface area contributed by atoms with E-state index in [1.165, 1.54) is 19.3 Å². The van der Waals surface area contributed by atoms with Crippen LogP contribution in [0.4, 0.5) is 5.82 Å². The third kappa shape index (κ3) is 3.19. The number of rotatable bonds is 2. The Morgan fingerprint density at radius 1 is 1.35 bits per heavy atom. The lowest BCUT2D eigenvalue weighted by Crippen LogP contribution is -2.25. The van der Waals surface area contributed by atoms with Crippen LogP contribution in [0, 0.1) is 5.92 Å². The van der Waals surface area contributed by atoms with Crippen molar-refractivity contribution in [2.24, 2.45) is 11.7 Å². The molecule has 3 heteroatoms. The minimum atomic E-state index is 0.0701. The van der Waals surface area contributed by atoms with Gasteiger partial charge in [0.2, 0.25) is 0 Å². The molecule has 1 aromatic rings. The summed E-state index contributed by atoms with van der Waals surface area (Å²) in [5.74, 6) is 1.95. The summed E-state index contributed by atoms with van der Waals surface area (Å²) in [6, 6.07) is 4.27. The molecule has 17 heavy (non-hydrogen) atoms. The molecule has 2 rings (SSSR count). The highest BCUT2D eigenvalue weighted by Crippen LogP contribution is 2.21. The molecule has 3 nitrogen and oxygen atoms in total. The van der Waals surface area contributed by atoms with Crippen LogP contribution in [0.25, 0.3) is 0 Å². The fraction of sp³-hybridized carbons (Fsp3) is 0.643. The van der Waals surface area contributed by atoms with Crippen LogP contribution < -0.4 is 10.6 Å². The van der Waals surface area contributed by atoms with Gasteiger partial charge < -0.3 is 10.6 Å². The molecule has 1 aliphatic heterocycles. The van der Waals surface area contributed by atoms with E-state index in [1.54, 1.807) is 0 Å². The second-order valence-electron chi connectivity index (χ2n) is 5.26. The summed E-state index contributed by atoms with van der Waals surface area (Å²) in [5, 5.41) is 0. The minimum Gasteiger partial charge on any atom is -0.357 e. The number of aromatic nitrogens is 1. The first kappa shape index (κ1) is 12.4. The number of nitrogens with zero attached hydrogens (tertiary/aromatic N) is 2. The smallest absolute Gasteiger partial charge is 0.128 e. The monoisotopic (exact) mass is 233 g/mol. The van der Waals surface area contributed by atoms with E-state index in [4.69, 9.17) is 5.73 Å². The Morgan fingerprint density at radius 2 is 2.18 bits per heavy atom. The summed E-state index contributed by atoms with van der Waals surface area (Å²) in [6.07, 6.45) is 5.80. The summed E-state index contributed by atoms with van der Waals surface area (Å²) in [6.45, 7) is 6.60. The van der Waals surface area contributed by atoms with E-state index in [0.717, 1.165) is 30.4 Å². The first-order chi connectivity index (χ1) is 8.16. The maximum atomic E-state index is 5.83. The zero-order valence-corrected chi connectivity index (χ0v) is 10.9. The Kier molecular flexibility index (Phi) is 4.00. The number of hydrogen-bond donors (Lipinski definition) is 1. The van der Waals surface area contributed by atoms with E-state index in [2.05, 4.69) is 28.9 Å². The van der Waals surface area contributed by atoms with E-state index in [-0.39, 0.29) is 6.04 Å². The summed E-state index contributed by atoms with van der Waals surface area (Å²) >= 11 is 0. The average Bonchev–Trinajstić information content (AvgIpc) is 2.54. The second-order valence-corrected chi connectivity index (χ2v) is 5.26. The number of hydrogen-bond acceptors (Lipinski definition) is 3. The fourth-order valence-electron chi connectivity index (χ4n) is 2.35. The van der Waals surface area contributed by atoms with Crippen LogP contribution in [0.1, 0.15) is 44.7 Å². The van der Waals surface area contributed by atoms with Crippen molar-refractivity contribution in [1.29, 1.82) is 0 Å². The van der Waals surface area contributed by atoms with Crippen LogP contribution in [0.3, 0.4) is 0 Å². The molecule has 2 atom stereocenters. The van der Waals surface area contributed by atoms with Gasteiger partial charge in [-0.15, -0.1) is 0 Å². The Morgan fingerprint density at radius 3 is 2.82 bits per heavy atom. The zero-order chi connectivity index (χ0) is 12.3. The molecule has 0 radical (unpaired) electrons. The lowest BCUT2D eigenvalue weighted by molar-refractivity contribution is 0.521. The molecule has 2 N–H and O–H groups in total. The molecule has 94 valence electrons. The molecular weight excluding hydrogens is 210 g/mol. The molecule has 1 unspecified atom stereocenters. The molecule has 0 aliphatic carbocycles. The quantitative estimate of drug-likeness (QED) is 0.854. The molecule has 0 amide bonds. The maximum absolute atomic E-state index is 5.83. The maximum Gasteiger partial charge on any atom is 0.128 e. The van der Waals surface area contributed by atoms with E-state index in [1.807, 2.05) is 13.1 Å². The largest absolute Gasteiger partial charge is 0.357 e. The van der Waals surface area contributed by atoms with E-state index in [0.29, 0.717) is 0 Å². The van der Waals surface area contributed by atoms with Crippen LogP contribution in [0.2, 0.25) is 0 Å².